The Kier molecular flexibility index (Phi) is 9.56. The number of anilines is 1. The summed E-state index contributed by atoms with van der Waals surface area (Å²) in [6.45, 7) is 2.65. The molecular weight excluding hydrogens is 573 g/mol. The molecule has 8 nitrogen and oxygen atoms in total. The first-order chi connectivity index (χ1) is 20.4. The Morgan fingerprint density at radius 2 is 1.71 bits per heavy atom. The van der Waals surface area contributed by atoms with Crippen molar-refractivity contribution < 1.29 is 14.3 Å². The lowest BCUT2D eigenvalue weighted by molar-refractivity contribution is -0.131. The largest absolute Gasteiger partial charge is 0.497 e. The molecule has 1 saturated heterocycles. The normalized spacial score (nSPS) is 13.4. The van der Waals surface area contributed by atoms with Crippen LogP contribution in [0.2, 0.25) is 10.0 Å². The van der Waals surface area contributed by atoms with E-state index in [1.165, 1.54) is 11.0 Å². The Balaban J connectivity index is 1.26. The highest BCUT2D eigenvalue weighted by atomic mass is 35.5. The van der Waals surface area contributed by atoms with Crippen LogP contribution in [0, 0.1) is 0 Å². The van der Waals surface area contributed by atoms with Crippen molar-refractivity contribution in [3.05, 3.63) is 106 Å². The number of hydrogen-bond donors (Lipinski definition) is 0. The molecule has 4 aromatic rings. The predicted molar refractivity (Wildman–Crippen MR) is 165 cm³/mol. The summed E-state index contributed by atoms with van der Waals surface area (Å²) in [6, 6.07) is 25.9. The fourth-order valence-electron chi connectivity index (χ4n) is 4.93. The first-order valence-electron chi connectivity index (χ1n) is 13.7. The highest BCUT2D eigenvalue weighted by molar-refractivity contribution is 6.36. The van der Waals surface area contributed by atoms with Crippen LogP contribution < -0.4 is 9.64 Å². The third-order valence-electron chi connectivity index (χ3n) is 7.18. The van der Waals surface area contributed by atoms with Crippen LogP contribution in [0.25, 0.3) is 11.3 Å². The van der Waals surface area contributed by atoms with Crippen molar-refractivity contribution in [2.75, 3.05) is 44.7 Å². The Morgan fingerprint density at radius 3 is 2.45 bits per heavy atom. The molecule has 2 heterocycles. The predicted octanol–water partition coefficient (Wildman–Crippen LogP) is 5.84. The van der Waals surface area contributed by atoms with Crippen LogP contribution in [-0.2, 0) is 11.3 Å². The molecular formula is C32H31Cl2N5O3. The first-order valence-corrected chi connectivity index (χ1v) is 14.5. The van der Waals surface area contributed by atoms with Gasteiger partial charge >= 0.3 is 0 Å². The summed E-state index contributed by atoms with van der Waals surface area (Å²) in [6.07, 6.45) is 0.765. The maximum absolute atomic E-state index is 13.6. The van der Waals surface area contributed by atoms with Crippen molar-refractivity contribution in [3.63, 3.8) is 0 Å². The summed E-state index contributed by atoms with van der Waals surface area (Å²) in [7, 11) is 1.63. The van der Waals surface area contributed by atoms with E-state index in [1.54, 1.807) is 19.2 Å². The van der Waals surface area contributed by atoms with Crippen molar-refractivity contribution in [1.29, 1.82) is 0 Å². The number of benzene rings is 3. The number of amides is 2. The Hall–Kier alpha value is -4.14. The van der Waals surface area contributed by atoms with Crippen LogP contribution in [0.4, 0.5) is 5.82 Å². The number of aromatic nitrogens is 2. The summed E-state index contributed by atoms with van der Waals surface area (Å²) < 4.78 is 5.32. The maximum atomic E-state index is 13.6. The van der Waals surface area contributed by atoms with Gasteiger partial charge in [0.05, 0.1) is 23.4 Å². The van der Waals surface area contributed by atoms with Crippen LogP contribution in [0.15, 0.2) is 84.9 Å². The van der Waals surface area contributed by atoms with Crippen LogP contribution in [0.5, 0.6) is 5.75 Å². The number of nitrogens with zero attached hydrogens (tertiary/aromatic N) is 5. The molecule has 0 spiro atoms. The summed E-state index contributed by atoms with van der Waals surface area (Å²) >= 11 is 12.4. The molecule has 42 heavy (non-hydrogen) atoms. The Labute approximate surface area is 255 Å². The molecule has 216 valence electrons. The number of ether oxygens (including phenoxy) is 1. The number of carbonyl (C=O) groups excluding carboxylic acids is 2. The van der Waals surface area contributed by atoms with E-state index in [9.17, 15) is 9.59 Å². The molecule has 1 fully saturated rings. The summed E-state index contributed by atoms with van der Waals surface area (Å²) in [4.78, 5) is 32.6. The van der Waals surface area contributed by atoms with E-state index in [0.29, 0.717) is 30.2 Å². The Bertz CT molecular complexity index is 1540. The van der Waals surface area contributed by atoms with Crippen molar-refractivity contribution in [1.82, 2.24) is 20.0 Å². The summed E-state index contributed by atoms with van der Waals surface area (Å²) in [5.41, 5.74) is 2.91. The molecule has 1 aliphatic heterocycles. The third kappa shape index (κ3) is 7.19. The maximum Gasteiger partial charge on any atom is 0.256 e. The van der Waals surface area contributed by atoms with Crippen LogP contribution in [0.1, 0.15) is 22.3 Å². The van der Waals surface area contributed by atoms with Crippen LogP contribution in [-0.4, -0.2) is 71.6 Å². The van der Waals surface area contributed by atoms with Gasteiger partial charge < -0.3 is 19.4 Å². The van der Waals surface area contributed by atoms with Gasteiger partial charge in [0.1, 0.15) is 12.3 Å². The van der Waals surface area contributed by atoms with Crippen LogP contribution in [0.3, 0.4) is 0 Å². The molecule has 5 rings (SSSR count). The van der Waals surface area contributed by atoms with Crippen LogP contribution >= 0.6 is 23.2 Å². The highest BCUT2D eigenvalue weighted by Crippen LogP contribution is 2.25. The SMILES string of the molecule is COc1cccc(-c2ccc(N3CCCN(C(=O)CN(Cc4ccccc4)C(=O)c4ccc(Cl)cc4Cl)CC3)nn2)c1. The molecule has 0 radical (unpaired) electrons. The van der Waals surface area contributed by atoms with Gasteiger partial charge in [-0.15, -0.1) is 10.2 Å². The van der Waals surface area contributed by atoms with E-state index in [1.807, 2.05) is 71.6 Å². The van der Waals surface area contributed by atoms with Gasteiger partial charge in [0, 0.05) is 43.3 Å². The average molecular weight is 605 g/mol. The molecule has 0 unspecified atom stereocenters. The molecule has 0 saturated carbocycles. The molecule has 0 bridgehead atoms. The number of methoxy groups -OCH3 is 1. The number of carbonyl (C=O) groups is 2. The van der Waals surface area contributed by atoms with Crippen molar-refractivity contribution in [2.24, 2.45) is 0 Å². The van der Waals surface area contributed by atoms with E-state index >= 15 is 0 Å². The zero-order valence-corrected chi connectivity index (χ0v) is 24.8. The lowest BCUT2D eigenvalue weighted by atomic mass is 10.1. The molecule has 1 aromatic heterocycles. The monoisotopic (exact) mass is 603 g/mol. The van der Waals surface area contributed by atoms with Crippen molar-refractivity contribution >= 4 is 40.8 Å². The van der Waals surface area contributed by atoms with Gasteiger partial charge in [-0.1, -0.05) is 65.7 Å². The van der Waals surface area contributed by atoms with E-state index in [0.717, 1.165) is 41.4 Å². The lowest BCUT2D eigenvalue weighted by Crippen LogP contribution is -2.44. The van der Waals surface area contributed by atoms with E-state index in [4.69, 9.17) is 27.9 Å². The molecule has 3 aromatic carbocycles. The van der Waals surface area contributed by atoms with Gasteiger partial charge in [-0.05, 0) is 54.4 Å². The van der Waals surface area contributed by atoms with Gasteiger partial charge in [0.25, 0.3) is 5.91 Å². The minimum absolute atomic E-state index is 0.0677. The molecule has 0 aliphatic carbocycles. The smallest absolute Gasteiger partial charge is 0.256 e. The molecule has 1 aliphatic rings. The number of hydrogen-bond acceptors (Lipinski definition) is 6. The lowest BCUT2D eigenvalue weighted by Gasteiger charge is -2.27. The molecule has 2 amide bonds. The van der Waals surface area contributed by atoms with E-state index in [-0.39, 0.29) is 29.9 Å². The molecule has 0 N–H and O–H groups in total. The van der Waals surface area contributed by atoms with Crippen molar-refractivity contribution in [3.8, 4) is 17.0 Å². The summed E-state index contributed by atoms with van der Waals surface area (Å²) in [5.74, 6) is 1.08. The number of halogens is 2. The number of rotatable bonds is 8. The minimum Gasteiger partial charge on any atom is -0.497 e. The van der Waals surface area contributed by atoms with Gasteiger partial charge in [-0.2, -0.15) is 0 Å². The Morgan fingerprint density at radius 1 is 0.881 bits per heavy atom. The van der Waals surface area contributed by atoms with Gasteiger partial charge in [0.2, 0.25) is 5.91 Å². The fourth-order valence-corrected chi connectivity index (χ4v) is 5.42. The van der Waals surface area contributed by atoms with E-state index in [2.05, 4.69) is 15.1 Å². The average Bonchev–Trinajstić information content (AvgIpc) is 3.28. The molecule has 10 heteroatoms. The third-order valence-corrected chi connectivity index (χ3v) is 7.73. The van der Waals surface area contributed by atoms with Gasteiger partial charge in [-0.3, -0.25) is 9.59 Å². The minimum atomic E-state index is -0.322. The fraction of sp³-hybridized carbons (Fsp3) is 0.250. The zero-order valence-electron chi connectivity index (χ0n) is 23.2. The molecule has 0 atom stereocenters. The second-order valence-electron chi connectivity index (χ2n) is 10.0. The second kappa shape index (κ2) is 13.7. The van der Waals surface area contributed by atoms with E-state index < -0.39 is 0 Å². The zero-order chi connectivity index (χ0) is 29.5. The van der Waals surface area contributed by atoms with Gasteiger partial charge in [-0.25, -0.2) is 0 Å². The van der Waals surface area contributed by atoms with Crippen molar-refractivity contribution in [2.45, 2.75) is 13.0 Å². The van der Waals surface area contributed by atoms with Gasteiger partial charge in [0.15, 0.2) is 5.82 Å². The standard InChI is InChI=1S/C32H31Cl2N5O3/c1-42-26-10-5-9-24(19-26)29-13-14-30(36-35-29)37-15-6-16-38(18-17-37)31(40)22-39(21-23-7-3-2-4-8-23)32(41)27-12-11-25(33)20-28(27)34/h2-5,7-14,19-20H,6,15-18,21-22H2,1H3. The topological polar surface area (TPSA) is 78.9 Å². The first kappa shape index (κ1) is 29.4. The second-order valence-corrected chi connectivity index (χ2v) is 10.8. The highest BCUT2D eigenvalue weighted by Gasteiger charge is 2.26. The quantitative estimate of drug-likeness (QED) is 0.252. The summed E-state index contributed by atoms with van der Waals surface area (Å²) in [5, 5.41) is 9.59.